The van der Waals surface area contributed by atoms with Crippen LogP contribution in [0.15, 0.2) is 23.8 Å². The largest absolute Gasteiger partial charge is 0.491 e. The minimum atomic E-state index is -1.77. The van der Waals surface area contributed by atoms with Gasteiger partial charge in [-0.15, -0.1) is 11.3 Å². The quantitative estimate of drug-likeness (QED) is 0.211. The molecule has 0 bridgehead atoms. The number of halogens is 6. The molecule has 2 N–H and O–H groups in total. The van der Waals surface area contributed by atoms with Gasteiger partial charge in [0.15, 0.2) is 11.6 Å². The minimum absolute atomic E-state index is 0.0240. The summed E-state index contributed by atoms with van der Waals surface area (Å²) in [7, 11) is 0. The van der Waals surface area contributed by atoms with Crippen LogP contribution in [0.2, 0.25) is 5.02 Å². The Morgan fingerprint density at radius 3 is 2.84 bits per heavy atom. The number of hydrogen-bond acceptors (Lipinski definition) is 9. The number of benzene rings is 2. The van der Waals surface area contributed by atoms with Crippen LogP contribution in [0, 0.1) is 23.0 Å². The van der Waals surface area contributed by atoms with E-state index in [-0.39, 0.29) is 109 Å². The van der Waals surface area contributed by atoms with Crippen LogP contribution in [0.25, 0.3) is 32.1 Å². The number of nitrogens with zero attached hydrogens (tertiary/aromatic N) is 5. The van der Waals surface area contributed by atoms with Crippen molar-refractivity contribution in [3.8, 4) is 29.0 Å². The first-order valence-electron chi connectivity index (χ1n) is 16.2. The Kier molecular flexibility index (Phi) is 8.00. The fourth-order valence-electron chi connectivity index (χ4n) is 8.16. The van der Waals surface area contributed by atoms with E-state index in [1.54, 1.807) is 4.90 Å². The molecule has 8 nitrogen and oxygen atoms in total. The van der Waals surface area contributed by atoms with Gasteiger partial charge in [0.2, 0.25) is 0 Å². The molecule has 8 rings (SSSR count). The average molecular weight is 717 g/mol. The summed E-state index contributed by atoms with van der Waals surface area (Å²) in [4.78, 5) is 13.0. The summed E-state index contributed by atoms with van der Waals surface area (Å²) in [5, 5.41) is 9.99. The Morgan fingerprint density at radius 1 is 1.20 bits per heavy atom. The van der Waals surface area contributed by atoms with Gasteiger partial charge in [0.25, 0.3) is 6.08 Å². The summed E-state index contributed by atoms with van der Waals surface area (Å²) in [6.45, 7) is 1.06. The Hall–Kier alpha value is -3.93. The maximum Gasteiger partial charge on any atom is 0.319 e. The van der Waals surface area contributed by atoms with Crippen molar-refractivity contribution in [1.29, 1.82) is 5.26 Å². The van der Waals surface area contributed by atoms with Crippen molar-refractivity contribution in [2.24, 2.45) is 0 Å². The molecule has 4 aliphatic rings. The summed E-state index contributed by atoms with van der Waals surface area (Å²) in [5.74, 6) is -1.41. The third kappa shape index (κ3) is 5.15. The van der Waals surface area contributed by atoms with Crippen molar-refractivity contribution < 1.29 is 31.4 Å². The predicted molar refractivity (Wildman–Crippen MR) is 177 cm³/mol. The summed E-state index contributed by atoms with van der Waals surface area (Å²) in [6, 6.07) is 3.98. The van der Waals surface area contributed by atoms with Gasteiger partial charge in [-0.25, -0.2) is 13.2 Å². The monoisotopic (exact) mass is 716 g/mol. The summed E-state index contributed by atoms with van der Waals surface area (Å²) in [5.41, 5.74) is 5.10. The van der Waals surface area contributed by atoms with Gasteiger partial charge < -0.3 is 20.1 Å². The van der Waals surface area contributed by atoms with E-state index in [0.29, 0.717) is 32.2 Å². The maximum absolute atomic E-state index is 17.2. The molecule has 3 saturated heterocycles. The van der Waals surface area contributed by atoms with Gasteiger partial charge in [0.1, 0.15) is 41.0 Å². The van der Waals surface area contributed by atoms with Crippen molar-refractivity contribution in [3.63, 3.8) is 0 Å². The van der Waals surface area contributed by atoms with Crippen molar-refractivity contribution in [2.75, 3.05) is 43.5 Å². The van der Waals surface area contributed by atoms with Crippen LogP contribution in [-0.4, -0.2) is 65.5 Å². The smallest absolute Gasteiger partial charge is 0.319 e. The second-order valence-corrected chi connectivity index (χ2v) is 14.6. The van der Waals surface area contributed by atoms with Crippen LogP contribution in [0.3, 0.4) is 0 Å². The third-order valence-corrected chi connectivity index (χ3v) is 11.8. The molecule has 4 aromatic rings. The third-order valence-electron chi connectivity index (χ3n) is 10.4. The molecule has 0 amide bonds. The van der Waals surface area contributed by atoms with Crippen LogP contribution in [0.1, 0.15) is 50.5 Å². The lowest BCUT2D eigenvalue weighted by atomic mass is 9.95. The van der Waals surface area contributed by atoms with E-state index in [9.17, 15) is 18.4 Å². The predicted octanol–water partition coefficient (Wildman–Crippen LogP) is 8.14. The average Bonchev–Trinajstić information content (AvgIpc) is 3.65. The lowest BCUT2D eigenvalue weighted by Gasteiger charge is -2.35. The topological polar surface area (TPSA) is 101 Å². The van der Waals surface area contributed by atoms with Gasteiger partial charge in [0.05, 0.1) is 32.8 Å². The minimum Gasteiger partial charge on any atom is -0.491 e. The second-order valence-electron chi connectivity index (χ2n) is 13.2. The first kappa shape index (κ1) is 32.3. The van der Waals surface area contributed by atoms with Gasteiger partial charge in [-0.3, -0.25) is 4.90 Å². The van der Waals surface area contributed by atoms with Crippen LogP contribution >= 0.6 is 22.9 Å². The number of aromatic nitrogens is 2. The van der Waals surface area contributed by atoms with Gasteiger partial charge in [0, 0.05) is 48.5 Å². The van der Waals surface area contributed by atoms with Gasteiger partial charge in [-0.05, 0) is 50.3 Å². The summed E-state index contributed by atoms with van der Waals surface area (Å²) < 4.78 is 87.6. The van der Waals surface area contributed by atoms with Crippen molar-refractivity contribution >= 4 is 54.7 Å². The molecule has 3 fully saturated rings. The second kappa shape index (κ2) is 12.1. The highest BCUT2D eigenvalue weighted by atomic mass is 35.5. The van der Waals surface area contributed by atoms with Crippen LogP contribution in [-0.2, 0) is 0 Å². The number of alkyl halides is 1. The fraction of sp³-hybridized carbons (Fsp3) is 0.441. The van der Waals surface area contributed by atoms with E-state index in [0.717, 1.165) is 30.4 Å². The number of ether oxygens (including phenoxy) is 2. The zero-order valence-electron chi connectivity index (χ0n) is 26.1. The van der Waals surface area contributed by atoms with E-state index in [4.69, 9.17) is 31.8 Å². The number of anilines is 2. The number of rotatable bonds is 4. The summed E-state index contributed by atoms with van der Waals surface area (Å²) in [6.07, 6.45) is 0.795. The van der Waals surface area contributed by atoms with Gasteiger partial charge in [-0.1, -0.05) is 17.7 Å². The van der Waals surface area contributed by atoms with Gasteiger partial charge in [-0.2, -0.15) is 24.0 Å². The molecule has 15 heteroatoms. The van der Waals surface area contributed by atoms with E-state index < -0.39 is 29.4 Å². The molecule has 4 aliphatic heterocycles. The Bertz CT molecular complexity index is 2100. The van der Waals surface area contributed by atoms with E-state index in [1.807, 2.05) is 6.07 Å². The van der Waals surface area contributed by atoms with Gasteiger partial charge >= 0.3 is 6.01 Å². The molecule has 256 valence electrons. The highest BCUT2D eigenvalue weighted by Crippen LogP contribution is 2.51. The number of nitriles is 1. The zero-order valence-corrected chi connectivity index (χ0v) is 27.7. The molecular formula is C34H30ClF5N6O2S. The van der Waals surface area contributed by atoms with E-state index in [2.05, 4.69) is 9.88 Å². The normalized spacial score (nSPS) is 23.9. The maximum atomic E-state index is 17.2. The van der Waals surface area contributed by atoms with Crippen molar-refractivity contribution in [1.82, 2.24) is 14.9 Å². The lowest BCUT2D eigenvalue weighted by molar-refractivity contribution is 0.107. The number of fused-ring (bicyclic) bond motifs is 4. The van der Waals surface area contributed by atoms with Crippen molar-refractivity contribution in [2.45, 2.75) is 62.7 Å². The zero-order chi connectivity index (χ0) is 34.2. The number of hydrogen-bond donors (Lipinski definition) is 1. The molecule has 0 radical (unpaired) electrons. The molecule has 0 spiro atoms. The molecule has 3 atom stereocenters. The SMILES string of the molecule is N#Cc1c(N)sc2c(F)ccc(-c3c(Cl)c4c5c(nc(OC[C@@]67CCCN6C[C@H](F)C7)nc5c3F)N3CC(=C(F)F)CCCC3CCO4)c12. The molecule has 49 heavy (non-hydrogen) atoms. The molecule has 1 unspecified atom stereocenters. The molecule has 2 aromatic carbocycles. The van der Waals surface area contributed by atoms with Crippen molar-refractivity contribution in [3.05, 3.63) is 46.0 Å². The highest BCUT2D eigenvalue weighted by molar-refractivity contribution is 7.23. The standard InChI is InChI=1S/C34H30ClF5N6O2S/c35-25-23(19-5-6-21(37)29-22(19)20(12-41)31(42)49-29)26(38)27-24-28(25)47-10-7-18-4-1-3-16(30(39)40)13-46(18)32(24)44-33(43-27)48-15-34-8-2-9-45(34)14-17(36)11-34/h5-6,17-18H,1-4,7-11,13-15,42H2/t17-,18?,34+/m1/s1. The highest BCUT2D eigenvalue weighted by Gasteiger charge is 2.49. The summed E-state index contributed by atoms with van der Waals surface area (Å²) >= 11 is 7.87. The Labute approximate surface area is 286 Å². The van der Waals surface area contributed by atoms with E-state index in [1.165, 1.54) is 6.07 Å². The first-order chi connectivity index (χ1) is 23.6. The van der Waals surface area contributed by atoms with E-state index >= 15 is 8.78 Å². The van der Waals surface area contributed by atoms with Crippen LogP contribution in [0.5, 0.6) is 11.8 Å². The van der Waals surface area contributed by atoms with Crippen LogP contribution in [0.4, 0.5) is 32.8 Å². The molecule has 0 saturated carbocycles. The Balaban J connectivity index is 1.37. The number of nitrogen functional groups attached to an aromatic ring is 1. The first-order valence-corrected chi connectivity index (χ1v) is 17.4. The molecule has 6 heterocycles. The molecular weight excluding hydrogens is 687 g/mol. The molecule has 2 aromatic heterocycles. The molecule has 0 aliphatic carbocycles. The van der Waals surface area contributed by atoms with Crippen LogP contribution < -0.4 is 20.1 Å². The number of nitrogens with two attached hydrogens (primary N) is 1. The lowest BCUT2D eigenvalue weighted by Crippen LogP contribution is -2.43. The Morgan fingerprint density at radius 2 is 2.04 bits per heavy atom. The number of thiophene rings is 1. The fourth-order valence-corrected chi connectivity index (χ4v) is 9.44.